The van der Waals surface area contributed by atoms with Crippen LogP contribution >= 0.6 is 11.6 Å². The molecule has 2 aliphatic heterocycles. The summed E-state index contributed by atoms with van der Waals surface area (Å²) in [6.45, 7) is 5.96. The summed E-state index contributed by atoms with van der Waals surface area (Å²) in [4.78, 5) is 37.8. The summed E-state index contributed by atoms with van der Waals surface area (Å²) in [5.41, 5.74) is 3.72. The third-order valence-corrected chi connectivity index (χ3v) is 6.74. The van der Waals surface area contributed by atoms with Crippen molar-refractivity contribution >= 4 is 46.4 Å². The van der Waals surface area contributed by atoms with Gasteiger partial charge in [-0.1, -0.05) is 18.5 Å². The fourth-order valence-electron chi connectivity index (χ4n) is 4.43. The van der Waals surface area contributed by atoms with Gasteiger partial charge in [0.1, 0.15) is 17.6 Å². The van der Waals surface area contributed by atoms with Crippen LogP contribution in [-0.2, 0) is 20.7 Å². The van der Waals surface area contributed by atoms with Gasteiger partial charge in [0.05, 0.1) is 19.8 Å². The zero-order valence-electron chi connectivity index (χ0n) is 21.1. The molecule has 1 aromatic heterocycles. The number of hydrogen-bond donors (Lipinski definition) is 2. The Morgan fingerprint density at radius 1 is 0.921 bits per heavy atom. The first-order valence-electron chi connectivity index (χ1n) is 12.6. The van der Waals surface area contributed by atoms with E-state index in [0.717, 1.165) is 42.1 Å². The molecule has 0 saturated carbocycles. The van der Waals surface area contributed by atoms with Crippen molar-refractivity contribution < 1.29 is 19.1 Å². The fraction of sp³-hybridized carbons (Fsp3) is 0.333. The normalized spacial score (nSPS) is 15.9. The van der Waals surface area contributed by atoms with Crippen LogP contribution in [0.4, 0.5) is 27.7 Å². The van der Waals surface area contributed by atoms with Crippen molar-refractivity contribution in [3.63, 3.8) is 0 Å². The number of carbonyl (C=O) groups is 2. The molecule has 11 heteroatoms. The minimum absolute atomic E-state index is 0.0792. The molecule has 10 nitrogen and oxygen atoms in total. The number of hydrogen-bond acceptors (Lipinski definition) is 7. The van der Waals surface area contributed by atoms with Crippen LogP contribution in [0, 0.1) is 0 Å². The lowest BCUT2D eigenvalue weighted by Gasteiger charge is -2.29. The maximum atomic E-state index is 12.5. The van der Waals surface area contributed by atoms with Crippen molar-refractivity contribution in [3.05, 3.63) is 59.2 Å². The number of ether oxygens (including phenoxy) is 2. The summed E-state index contributed by atoms with van der Waals surface area (Å²) < 4.78 is 10.6. The Hall–Kier alpha value is -3.73. The quantitative estimate of drug-likeness (QED) is 0.454. The van der Waals surface area contributed by atoms with E-state index in [9.17, 15) is 9.59 Å². The van der Waals surface area contributed by atoms with Gasteiger partial charge in [-0.3, -0.25) is 4.79 Å². The number of benzene rings is 2. The van der Waals surface area contributed by atoms with Gasteiger partial charge < -0.3 is 29.9 Å². The van der Waals surface area contributed by atoms with Crippen molar-refractivity contribution in [2.24, 2.45) is 0 Å². The molecule has 3 aromatic rings. The van der Waals surface area contributed by atoms with Crippen molar-refractivity contribution in [3.8, 4) is 11.4 Å². The van der Waals surface area contributed by atoms with Gasteiger partial charge in [-0.05, 0) is 55.0 Å². The molecule has 3 heterocycles. The minimum Gasteiger partial charge on any atom is -0.378 e. The number of morpholine rings is 2. The summed E-state index contributed by atoms with van der Waals surface area (Å²) in [5, 5.41) is 6.08. The summed E-state index contributed by atoms with van der Waals surface area (Å²) in [6.07, 6.45) is 0.734. The molecule has 38 heavy (non-hydrogen) atoms. The van der Waals surface area contributed by atoms with Crippen molar-refractivity contribution in [1.29, 1.82) is 0 Å². The lowest BCUT2D eigenvalue weighted by Crippen LogP contribution is -2.41. The van der Waals surface area contributed by atoms with Crippen molar-refractivity contribution in [2.75, 3.05) is 66.5 Å². The standard InChI is InChI=1S/C27H29ClN6O4/c1-2-22-24(28)31-25(32-26(22)33-11-14-37-15-12-33)18-3-5-19(6-4-18)29-27(36)30-20-7-9-21(10-8-20)34-13-16-38-17-23(34)35/h3-10H,2,11-17H2,1H3,(H2,29,30,36). The summed E-state index contributed by atoms with van der Waals surface area (Å²) >= 11 is 6.54. The topological polar surface area (TPSA) is 109 Å². The number of halogens is 1. The van der Waals surface area contributed by atoms with E-state index < -0.39 is 0 Å². The Labute approximate surface area is 225 Å². The number of aromatic nitrogens is 2. The van der Waals surface area contributed by atoms with E-state index in [-0.39, 0.29) is 18.5 Å². The van der Waals surface area contributed by atoms with Crippen LogP contribution in [0.15, 0.2) is 48.5 Å². The second-order valence-corrected chi connectivity index (χ2v) is 9.25. The lowest BCUT2D eigenvalue weighted by atomic mass is 10.1. The highest BCUT2D eigenvalue weighted by molar-refractivity contribution is 6.30. The summed E-state index contributed by atoms with van der Waals surface area (Å²) in [6, 6.07) is 14.0. The van der Waals surface area contributed by atoms with E-state index in [2.05, 4.69) is 20.5 Å². The van der Waals surface area contributed by atoms with Crippen molar-refractivity contribution in [1.82, 2.24) is 9.97 Å². The van der Waals surface area contributed by atoms with Gasteiger partial charge in [-0.2, -0.15) is 0 Å². The van der Waals surface area contributed by atoms with E-state index in [1.165, 1.54) is 0 Å². The molecule has 2 fully saturated rings. The average molecular weight is 537 g/mol. The molecule has 2 aliphatic rings. The van der Waals surface area contributed by atoms with Gasteiger partial charge >= 0.3 is 6.03 Å². The van der Waals surface area contributed by atoms with Crippen LogP contribution in [0.5, 0.6) is 0 Å². The van der Waals surface area contributed by atoms with E-state index >= 15 is 0 Å². The largest absolute Gasteiger partial charge is 0.378 e. The first-order chi connectivity index (χ1) is 18.5. The first kappa shape index (κ1) is 25.9. The smallest absolute Gasteiger partial charge is 0.323 e. The highest BCUT2D eigenvalue weighted by Gasteiger charge is 2.21. The maximum Gasteiger partial charge on any atom is 0.323 e. The molecule has 0 spiro atoms. The van der Waals surface area contributed by atoms with Gasteiger partial charge in [-0.15, -0.1) is 0 Å². The second kappa shape index (κ2) is 11.8. The van der Waals surface area contributed by atoms with Crippen LogP contribution in [0.25, 0.3) is 11.4 Å². The molecule has 2 N–H and O–H groups in total. The molecular weight excluding hydrogens is 508 g/mol. The zero-order chi connectivity index (χ0) is 26.5. The third-order valence-electron chi connectivity index (χ3n) is 6.42. The fourth-order valence-corrected chi connectivity index (χ4v) is 4.73. The van der Waals surface area contributed by atoms with E-state index in [0.29, 0.717) is 48.7 Å². The highest BCUT2D eigenvalue weighted by Crippen LogP contribution is 2.30. The molecule has 0 aliphatic carbocycles. The molecule has 0 radical (unpaired) electrons. The summed E-state index contributed by atoms with van der Waals surface area (Å²) in [5.74, 6) is 1.30. The summed E-state index contributed by atoms with van der Waals surface area (Å²) in [7, 11) is 0. The van der Waals surface area contributed by atoms with Crippen LogP contribution in [0.3, 0.4) is 0 Å². The third kappa shape index (κ3) is 5.88. The zero-order valence-corrected chi connectivity index (χ0v) is 21.8. The van der Waals surface area contributed by atoms with E-state index in [1.54, 1.807) is 41.3 Å². The van der Waals surface area contributed by atoms with E-state index in [1.807, 2.05) is 19.1 Å². The number of amides is 3. The average Bonchev–Trinajstić information content (AvgIpc) is 2.94. The molecule has 2 saturated heterocycles. The number of carbonyl (C=O) groups excluding carboxylic acids is 2. The number of anilines is 4. The SMILES string of the molecule is CCc1c(Cl)nc(-c2ccc(NC(=O)Nc3ccc(N4CCOCC4=O)cc3)cc2)nc1N1CCOCC1. The molecule has 5 rings (SSSR count). The predicted octanol–water partition coefficient (Wildman–Crippen LogP) is 4.20. The molecule has 0 atom stereocenters. The Balaban J connectivity index is 1.24. The molecule has 198 valence electrons. The van der Waals surface area contributed by atoms with Gasteiger partial charge in [0, 0.05) is 47.8 Å². The van der Waals surface area contributed by atoms with E-state index in [4.69, 9.17) is 26.1 Å². The van der Waals surface area contributed by atoms with Gasteiger partial charge in [-0.25, -0.2) is 14.8 Å². The number of urea groups is 1. The van der Waals surface area contributed by atoms with Crippen LogP contribution < -0.4 is 20.4 Å². The highest BCUT2D eigenvalue weighted by atomic mass is 35.5. The minimum atomic E-state index is -0.380. The van der Waals surface area contributed by atoms with Crippen LogP contribution in [0.2, 0.25) is 5.15 Å². The van der Waals surface area contributed by atoms with Gasteiger partial charge in [0.15, 0.2) is 5.82 Å². The number of nitrogens with one attached hydrogen (secondary N) is 2. The molecule has 0 bridgehead atoms. The Kier molecular flexibility index (Phi) is 8.02. The Morgan fingerprint density at radius 2 is 1.55 bits per heavy atom. The Bertz CT molecular complexity index is 1300. The number of nitrogens with zero attached hydrogens (tertiary/aromatic N) is 4. The van der Waals surface area contributed by atoms with Crippen LogP contribution in [-0.4, -0.2) is 68.0 Å². The van der Waals surface area contributed by atoms with Gasteiger partial charge in [0.2, 0.25) is 0 Å². The molecule has 2 aromatic carbocycles. The molecule has 3 amide bonds. The van der Waals surface area contributed by atoms with Gasteiger partial charge in [0.25, 0.3) is 5.91 Å². The Morgan fingerprint density at radius 3 is 2.18 bits per heavy atom. The predicted molar refractivity (Wildman–Crippen MR) is 147 cm³/mol. The lowest BCUT2D eigenvalue weighted by molar-refractivity contribution is -0.125. The number of rotatable bonds is 6. The van der Waals surface area contributed by atoms with Crippen molar-refractivity contribution in [2.45, 2.75) is 13.3 Å². The monoisotopic (exact) mass is 536 g/mol. The second-order valence-electron chi connectivity index (χ2n) is 8.89. The maximum absolute atomic E-state index is 12.5. The molecule has 0 unspecified atom stereocenters. The first-order valence-corrected chi connectivity index (χ1v) is 13.0. The van der Waals surface area contributed by atoms with Crippen LogP contribution in [0.1, 0.15) is 12.5 Å². The molecular formula is C27H29ClN6O4.